The molecule has 0 bridgehead atoms. The second-order valence-electron chi connectivity index (χ2n) is 10.1. The predicted molar refractivity (Wildman–Crippen MR) is 166 cm³/mol. The molecule has 1 aliphatic heterocycles. The first-order valence-electron chi connectivity index (χ1n) is 14.1. The number of rotatable bonds is 11. The Morgan fingerprint density at radius 3 is 2.36 bits per heavy atom. The van der Waals surface area contributed by atoms with Crippen molar-refractivity contribution in [1.29, 1.82) is 0 Å². The third-order valence-electron chi connectivity index (χ3n) is 6.97. The van der Waals surface area contributed by atoms with Crippen LogP contribution in [0.25, 0.3) is 5.69 Å². The Bertz CT molecular complexity index is 1830. The van der Waals surface area contributed by atoms with Crippen molar-refractivity contribution in [3.63, 3.8) is 0 Å². The van der Waals surface area contributed by atoms with Gasteiger partial charge in [0.1, 0.15) is 5.75 Å². The maximum Gasteiger partial charge on any atom is 0.416 e. The minimum absolute atomic E-state index is 0.0259. The van der Waals surface area contributed by atoms with E-state index in [1.54, 1.807) is 24.3 Å². The number of hydrogen-bond acceptors (Lipinski definition) is 9. The summed E-state index contributed by atoms with van der Waals surface area (Å²) in [5.74, 6) is -0.406. The summed E-state index contributed by atoms with van der Waals surface area (Å²) < 4.78 is 79.4. The molecule has 47 heavy (non-hydrogen) atoms. The molecule has 248 valence electrons. The van der Waals surface area contributed by atoms with E-state index in [1.807, 2.05) is 0 Å². The lowest BCUT2D eigenvalue weighted by Crippen LogP contribution is -2.40. The van der Waals surface area contributed by atoms with Crippen LogP contribution < -0.4 is 15.4 Å². The summed E-state index contributed by atoms with van der Waals surface area (Å²) in [5, 5.41) is 13.7. The van der Waals surface area contributed by atoms with E-state index in [0.717, 1.165) is 23.9 Å². The van der Waals surface area contributed by atoms with Crippen LogP contribution in [0.4, 0.5) is 18.9 Å². The molecule has 0 aliphatic carbocycles. The number of ether oxygens (including phenoxy) is 2. The highest BCUT2D eigenvalue weighted by atomic mass is 32.2. The third kappa shape index (κ3) is 8.29. The molecular formula is C30H29F3N6O6S2. The van der Waals surface area contributed by atoms with Crippen LogP contribution in [0, 0.1) is 0 Å². The topological polar surface area (TPSA) is 145 Å². The van der Waals surface area contributed by atoms with E-state index in [-0.39, 0.29) is 52.5 Å². The number of carbonyl (C=O) groups excluding carboxylic acids is 2. The van der Waals surface area contributed by atoms with Crippen LogP contribution in [-0.4, -0.2) is 78.5 Å². The highest BCUT2D eigenvalue weighted by Crippen LogP contribution is 2.32. The highest BCUT2D eigenvalue weighted by molar-refractivity contribution is 7.99. The molecule has 0 atom stereocenters. The molecule has 4 aromatic rings. The summed E-state index contributed by atoms with van der Waals surface area (Å²) in [6.07, 6.45) is -4.62. The molecule has 3 aromatic carbocycles. The summed E-state index contributed by atoms with van der Waals surface area (Å²) in [5.41, 5.74) is -0.157. The van der Waals surface area contributed by atoms with Gasteiger partial charge >= 0.3 is 6.18 Å². The minimum Gasteiger partial charge on any atom is -0.497 e. The van der Waals surface area contributed by atoms with Gasteiger partial charge in [0.25, 0.3) is 5.91 Å². The van der Waals surface area contributed by atoms with E-state index >= 15 is 0 Å². The number of alkyl halides is 3. The number of benzene rings is 3. The zero-order chi connectivity index (χ0) is 33.6. The molecule has 12 nitrogen and oxygen atoms in total. The highest BCUT2D eigenvalue weighted by Gasteiger charge is 2.31. The normalized spacial score (nSPS) is 14.0. The molecule has 0 spiro atoms. The molecular weight excluding hydrogens is 661 g/mol. The number of halogens is 3. The number of sulfonamides is 1. The van der Waals surface area contributed by atoms with Gasteiger partial charge in [0.2, 0.25) is 15.9 Å². The van der Waals surface area contributed by atoms with Crippen LogP contribution in [-0.2, 0) is 32.3 Å². The number of thioether (sulfide) groups is 1. The van der Waals surface area contributed by atoms with Crippen LogP contribution in [0.1, 0.15) is 21.7 Å². The molecule has 2 N–H and O–H groups in total. The summed E-state index contributed by atoms with van der Waals surface area (Å²) in [6.45, 7) is 0.800. The first kappa shape index (κ1) is 33.9. The maximum absolute atomic E-state index is 13.6. The van der Waals surface area contributed by atoms with Gasteiger partial charge in [0, 0.05) is 24.3 Å². The first-order valence-corrected chi connectivity index (χ1v) is 16.5. The Kier molecular flexibility index (Phi) is 10.5. The minimum atomic E-state index is -4.62. The lowest BCUT2D eigenvalue weighted by molar-refractivity contribution is -0.137. The molecule has 2 amide bonds. The van der Waals surface area contributed by atoms with Crippen molar-refractivity contribution in [2.45, 2.75) is 22.8 Å². The van der Waals surface area contributed by atoms with Crippen molar-refractivity contribution < 1.29 is 40.7 Å². The van der Waals surface area contributed by atoms with Gasteiger partial charge in [-0.3, -0.25) is 14.2 Å². The number of aromatic nitrogens is 3. The molecule has 2 heterocycles. The van der Waals surface area contributed by atoms with E-state index in [2.05, 4.69) is 20.8 Å². The molecule has 0 saturated carbocycles. The zero-order valence-corrected chi connectivity index (χ0v) is 26.5. The second-order valence-corrected chi connectivity index (χ2v) is 13.0. The lowest BCUT2D eigenvalue weighted by atomic mass is 10.2. The number of hydrogen-bond donors (Lipinski definition) is 2. The van der Waals surface area contributed by atoms with Gasteiger partial charge in [-0.2, -0.15) is 17.5 Å². The molecule has 1 fully saturated rings. The summed E-state index contributed by atoms with van der Waals surface area (Å²) in [7, 11) is -2.24. The standard InChI is InChI=1S/C30H29F3N6O6S2/c1-44-24-9-7-22(8-10-24)35-27(40)19-46-29-37-36-26(39(29)23-4-2-3-21(17-23)30(31,32)33)18-34-28(41)20-5-11-25(12-6-20)47(42,43)38-13-15-45-16-14-38/h2-12,17H,13-16,18-19H2,1H3,(H,34,41)(H,35,40). The van der Waals surface area contributed by atoms with Gasteiger partial charge in [-0.05, 0) is 66.7 Å². The largest absolute Gasteiger partial charge is 0.497 e. The van der Waals surface area contributed by atoms with Gasteiger partial charge in [-0.1, -0.05) is 17.8 Å². The summed E-state index contributed by atoms with van der Waals surface area (Å²) >= 11 is 0.947. The first-order chi connectivity index (χ1) is 22.5. The fourth-order valence-electron chi connectivity index (χ4n) is 4.57. The van der Waals surface area contributed by atoms with Gasteiger partial charge in [-0.15, -0.1) is 10.2 Å². The Hall–Kier alpha value is -4.45. The fourth-order valence-corrected chi connectivity index (χ4v) is 6.74. The molecule has 0 unspecified atom stereocenters. The Morgan fingerprint density at radius 1 is 1.00 bits per heavy atom. The van der Waals surface area contributed by atoms with Crippen molar-refractivity contribution in [3.8, 4) is 11.4 Å². The van der Waals surface area contributed by atoms with E-state index < -0.39 is 33.6 Å². The SMILES string of the molecule is COc1ccc(NC(=O)CSc2nnc(CNC(=O)c3ccc(S(=O)(=O)N4CCOCC4)cc3)n2-c2cccc(C(F)(F)F)c2)cc1. The van der Waals surface area contributed by atoms with E-state index in [9.17, 15) is 31.2 Å². The van der Waals surface area contributed by atoms with E-state index in [4.69, 9.17) is 9.47 Å². The number of anilines is 1. The lowest BCUT2D eigenvalue weighted by Gasteiger charge is -2.26. The average Bonchev–Trinajstić information content (AvgIpc) is 3.49. The van der Waals surface area contributed by atoms with Gasteiger partial charge < -0.3 is 20.1 Å². The average molecular weight is 691 g/mol. The van der Waals surface area contributed by atoms with Crippen molar-refractivity contribution in [3.05, 3.63) is 89.7 Å². The van der Waals surface area contributed by atoms with Gasteiger partial charge in [0.15, 0.2) is 11.0 Å². The Balaban J connectivity index is 1.32. The third-order valence-corrected chi connectivity index (χ3v) is 9.81. The summed E-state index contributed by atoms with van der Waals surface area (Å²) in [6, 6.07) is 16.6. The number of nitrogens with one attached hydrogen (secondary N) is 2. The molecule has 5 rings (SSSR count). The van der Waals surface area contributed by atoms with Crippen LogP contribution in [0.15, 0.2) is 82.8 Å². The number of amides is 2. The zero-order valence-electron chi connectivity index (χ0n) is 24.9. The molecule has 1 saturated heterocycles. The molecule has 1 aliphatic rings. The number of methoxy groups -OCH3 is 1. The summed E-state index contributed by atoms with van der Waals surface area (Å²) in [4.78, 5) is 25.7. The van der Waals surface area contributed by atoms with E-state index in [1.165, 1.54) is 52.4 Å². The van der Waals surface area contributed by atoms with Gasteiger partial charge in [-0.25, -0.2) is 8.42 Å². The van der Waals surface area contributed by atoms with Crippen LogP contribution in [0.2, 0.25) is 0 Å². The van der Waals surface area contributed by atoms with E-state index in [0.29, 0.717) is 24.7 Å². The quantitative estimate of drug-likeness (QED) is 0.223. The number of carbonyl (C=O) groups is 2. The monoisotopic (exact) mass is 690 g/mol. The molecule has 1 aromatic heterocycles. The van der Waals surface area contributed by atoms with Crippen LogP contribution in [0.3, 0.4) is 0 Å². The smallest absolute Gasteiger partial charge is 0.416 e. The Labute approximate surface area is 272 Å². The number of morpholine rings is 1. The van der Waals surface area contributed by atoms with Crippen LogP contribution >= 0.6 is 11.8 Å². The second kappa shape index (κ2) is 14.5. The molecule has 17 heteroatoms. The molecule has 0 radical (unpaired) electrons. The number of nitrogens with zero attached hydrogens (tertiary/aromatic N) is 4. The van der Waals surface area contributed by atoms with Crippen LogP contribution in [0.5, 0.6) is 5.75 Å². The van der Waals surface area contributed by atoms with Gasteiger partial charge in [0.05, 0.1) is 48.8 Å². The van der Waals surface area contributed by atoms with Crippen molar-refractivity contribution >= 4 is 39.3 Å². The fraction of sp³-hybridized carbons (Fsp3) is 0.267. The predicted octanol–water partition coefficient (Wildman–Crippen LogP) is 3.98. The Morgan fingerprint density at radius 2 is 1.70 bits per heavy atom. The van der Waals surface area contributed by atoms with Crippen molar-refractivity contribution in [1.82, 2.24) is 24.4 Å². The van der Waals surface area contributed by atoms with Crippen molar-refractivity contribution in [2.24, 2.45) is 0 Å². The van der Waals surface area contributed by atoms with Crippen molar-refractivity contribution in [2.75, 3.05) is 44.5 Å². The maximum atomic E-state index is 13.6.